The highest BCUT2D eigenvalue weighted by Crippen LogP contribution is 2.35. The van der Waals surface area contributed by atoms with Crippen LogP contribution in [0.25, 0.3) is 5.70 Å². The molecule has 2 aliphatic rings. The summed E-state index contributed by atoms with van der Waals surface area (Å²) in [5, 5.41) is 11.9. The van der Waals surface area contributed by atoms with Gasteiger partial charge in [0.05, 0.1) is 24.7 Å². The molecule has 1 fully saturated rings. The monoisotopic (exact) mass is 249 g/mol. The van der Waals surface area contributed by atoms with Crippen molar-refractivity contribution in [2.75, 3.05) is 6.61 Å². The molecule has 0 aromatic carbocycles. The van der Waals surface area contributed by atoms with Gasteiger partial charge in [0.1, 0.15) is 11.9 Å². The van der Waals surface area contributed by atoms with Crippen molar-refractivity contribution in [3.05, 3.63) is 18.6 Å². The molecule has 7 nitrogen and oxygen atoms in total. The average Bonchev–Trinajstić information content (AvgIpc) is 2.93. The van der Waals surface area contributed by atoms with Crippen LogP contribution < -0.4 is 11.1 Å². The van der Waals surface area contributed by atoms with Crippen LogP contribution in [0.4, 0.5) is 5.82 Å². The van der Waals surface area contributed by atoms with E-state index >= 15 is 0 Å². The van der Waals surface area contributed by atoms with Crippen LogP contribution in [0.3, 0.4) is 0 Å². The number of fused-ring (bicyclic) bond motifs is 1. The van der Waals surface area contributed by atoms with Gasteiger partial charge in [-0.2, -0.15) is 4.99 Å². The maximum absolute atomic E-state index is 9.08. The first-order chi connectivity index (χ1) is 8.69. The van der Waals surface area contributed by atoms with Crippen molar-refractivity contribution in [1.82, 2.24) is 14.9 Å². The van der Waals surface area contributed by atoms with Crippen LogP contribution in [0, 0.1) is 0 Å². The fraction of sp³-hybridized carbons (Fsp3) is 0.455. The van der Waals surface area contributed by atoms with Gasteiger partial charge in [-0.05, 0) is 12.8 Å². The molecule has 0 radical (unpaired) electrons. The van der Waals surface area contributed by atoms with Crippen molar-refractivity contribution >= 4 is 17.5 Å². The van der Waals surface area contributed by atoms with Crippen molar-refractivity contribution in [1.29, 1.82) is 0 Å². The Bertz CT molecular complexity index is 522. The van der Waals surface area contributed by atoms with Gasteiger partial charge in [-0.25, -0.2) is 4.98 Å². The fourth-order valence-electron chi connectivity index (χ4n) is 2.27. The van der Waals surface area contributed by atoms with Crippen LogP contribution in [0.2, 0.25) is 0 Å². The standard InChI is InChI=1S/C11H15N5O2/c1-6-9-10(15-11(12)14-6)16(5-13-9)8-3-2-7(4-17)18-8/h5,7-8,17H,1-4H2,(H3,12,14,15). The summed E-state index contributed by atoms with van der Waals surface area (Å²) >= 11 is 0. The summed E-state index contributed by atoms with van der Waals surface area (Å²) in [4.78, 5) is 8.50. The second-order valence-corrected chi connectivity index (χ2v) is 4.40. The van der Waals surface area contributed by atoms with E-state index in [9.17, 15) is 0 Å². The van der Waals surface area contributed by atoms with Gasteiger partial charge in [0.15, 0.2) is 11.8 Å². The van der Waals surface area contributed by atoms with Gasteiger partial charge in [-0.15, -0.1) is 0 Å². The normalized spacial score (nSPS) is 26.7. The number of aromatic nitrogens is 2. The van der Waals surface area contributed by atoms with E-state index in [0.29, 0.717) is 23.2 Å². The average molecular weight is 249 g/mol. The molecule has 3 rings (SSSR count). The predicted octanol–water partition coefficient (Wildman–Crippen LogP) is 0.0731. The molecular weight excluding hydrogens is 234 g/mol. The molecule has 7 heteroatoms. The molecule has 2 aliphatic heterocycles. The topological polar surface area (TPSA) is 97.7 Å². The van der Waals surface area contributed by atoms with Gasteiger partial charge in [0.2, 0.25) is 0 Å². The van der Waals surface area contributed by atoms with Crippen molar-refractivity contribution in [2.45, 2.75) is 25.2 Å². The molecule has 2 atom stereocenters. The molecule has 0 saturated carbocycles. The highest BCUT2D eigenvalue weighted by atomic mass is 16.5. The van der Waals surface area contributed by atoms with Crippen LogP contribution in [-0.2, 0) is 4.74 Å². The number of ether oxygens (including phenoxy) is 1. The van der Waals surface area contributed by atoms with Gasteiger partial charge in [-0.3, -0.25) is 4.57 Å². The molecule has 0 bridgehead atoms. The van der Waals surface area contributed by atoms with E-state index in [0.717, 1.165) is 12.8 Å². The third-order valence-electron chi connectivity index (χ3n) is 3.16. The Kier molecular flexibility index (Phi) is 2.57. The van der Waals surface area contributed by atoms with Crippen LogP contribution >= 0.6 is 0 Å². The van der Waals surface area contributed by atoms with Crippen LogP contribution in [-0.4, -0.2) is 33.3 Å². The van der Waals surface area contributed by atoms with Crippen LogP contribution in [0.5, 0.6) is 0 Å². The number of hydrogen-bond acceptors (Lipinski definition) is 6. The highest BCUT2D eigenvalue weighted by Gasteiger charge is 2.30. The Balaban J connectivity index is 1.94. The lowest BCUT2D eigenvalue weighted by Crippen LogP contribution is -2.32. The number of guanidine groups is 1. The number of nitrogens with one attached hydrogen (secondary N) is 1. The molecule has 1 aromatic heterocycles. The number of aliphatic imine (C=N–C) groups is 1. The molecule has 0 spiro atoms. The first kappa shape index (κ1) is 11.2. The first-order valence-corrected chi connectivity index (χ1v) is 5.82. The van der Waals surface area contributed by atoms with Gasteiger partial charge < -0.3 is 20.9 Å². The molecular formula is C11H15N5O2. The number of hydrogen-bond donors (Lipinski definition) is 3. The van der Waals surface area contributed by atoms with Gasteiger partial charge in [0, 0.05) is 0 Å². The fourth-order valence-corrected chi connectivity index (χ4v) is 2.27. The molecule has 0 aliphatic carbocycles. The highest BCUT2D eigenvalue weighted by molar-refractivity contribution is 5.93. The third-order valence-corrected chi connectivity index (χ3v) is 3.16. The van der Waals surface area contributed by atoms with Gasteiger partial charge >= 0.3 is 0 Å². The van der Waals surface area contributed by atoms with Crippen molar-refractivity contribution in [3.8, 4) is 0 Å². The zero-order valence-electron chi connectivity index (χ0n) is 9.83. The molecule has 0 amide bonds. The van der Waals surface area contributed by atoms with Crippen LogP contribution in [0.1, 0.15) is 24.8 Å². The Morgan fingerprint density at radius 2 is 2.44 bits per heavy atom. The quantitative estimate of drug-likeness (QED) is 0.689. The Morgan fingerprint density at radius 1 is 1.61 bits per heavy atom. The Labute approximate surface area is 104 Å². The summed E-state index contributed by atoms with van der Waals surface area (Å²) in [6.07, 6.45) is 3.06. The number of imidazole rings is 1. The second kappa shape index (κ2) is 4.11. The lowest BCUT2D eigenvalue weighted by molar-refractivity contribution is -0.0216. The minimum atomic E-state index is -0.152. The van der Waals surface area contributed by atoms with E-state index in [4.69, 9.17) is 15.6 Å². The predicted molar refractivity (Wildman–Crippen MR) is 65.9 cm³/mol. The Morgan fingerprint density at radius 3 is 3.17 bits per heavy atom. The number of nitrogens with zero attached hydrogens (tertiary/aromatic N) is 3. The molecule has 1 saturated heterocycles. The zero-order chi connectivity index (χ0) is 12.7. The number of nitrogens with two attached hydrogens (primary N) is 1. The summed E-state index contributed by atoms with van der Waals surface area (Å²) < 4.78 is 7.54. The van der Waals surface area contributed by atoms with Crippen LogP contribution in [0.15, 0.2) is 17.9 Å². The molecule has 1 aromatic rings. The second-order valence-electron chi connectivity index (χ2n) is 4.40. The van der Waals surface area contributed by atoms with E-state index in [2.05, 4.69) is 21.9 Å². The van der Waals surface area contributed by atoms with Gasteiger partial charge in [0.25, 0.3) is 0 Å². The smallest absolute Gasteiger partial charge is 0.199 e. The summed E-state index contributed by atoms with van der Waals surface area (Å²) in [6.45, 7) is 3.88. The van der Waals surface area contributed by atoms with Crippen molar-refractivity contribution in [3.63, 3.8) is 0 Å². The lowest BCUT2D eigenvalue weighted by atomic mass is 10.2. The first-order valence-electron chi connectivity index (χ1n) is 5.82. The maximum Gasteiger partial charge on any atom is 0.199 e. The molecule has 3 heterocycles. The summed E-state index contributed by atoms with van der Waals surface area (Å²) in [5.41, 5.74) is 6.99. The molecule has 96 valence electrons. The molecule has 2 unspecified atom stereocenters. The van der Waals surface area contributed by atoms with E-state index < -0.39 is 0 Å². The lowest BCUT2D eigenvalue weighted by Gasteiger charge is -2.18. The SMILES string of the molecule is C=C1NC(N)=Nc2c1ncn2C1CCC(CO)O1. The largest absolute Gasteiger partial charge is 0.394 e. The van der Waals surface area contributed by atoms with Gasteiger partial charge in [-0.1, -0.05) is 6.58 Å². The number of rotatable bonds is 2. The van der Waals surface area contributed by atoms with E-state index in [-0.39, 0.29) is 18.9 Å². The van der Waals surface area contributed by atoms with Crippen molar-refractivity contribution in [2.24, 2.45) is 10.7 Å². The van der Waals surface area contributed by atoms with Crippen molar-refractivity contribution < 1.29 is 9.84 Å². The zero-order valence-corrected chi connectivity index (χ0v) is 9.83. The van der Waals surface area contributed by atoms with E-state index in [1.54, 1.807) is 6.33 Å². The summed E-state index contributed by atoms with van der Waals surface area (Å²) in [5.74, 6) is 0.950. The minimum Gasteiger partial charge on any atom is -0.394 e. The van der Waals surface area contributed by atoms with E-state index in [1.165, 1.54) is 0 Å². The summed E-state index contributed by atoms with van der Waals surface area (Å²) in [6, 6.07) is 0. The van der Waals surface area contributed by atoms with E-state index in [1.807, 2.05) is 4.57 Å². The number of aliphatic hydroxyl groups excluding tert-OH is 1. The number of aliphatic hydroxyl groups is 1. The minimum absolute atomic E-state index is 0.0348. The Hall–Kier alpha value is -1.86. The molecule has 4 N–H and O–H groups in total. The maximum atomic E-state index is 9.08. The third kappa shape index (κ3) is 1.68. The molecule has 18 heavy (non-hydrogen) atoms. The summed E-state index contributed by atoms with van der Waals surface area (Å²) in [7, 11) is 0.